The number of aromatic amines is 3. The van der Waals surface area contributed by atoms with Crippen LogP contribution in [0.2, 0.25) is 0 Å². The summed E-state index contributed by atoms with van der Waals surface area (Å²) in [4.78, 5) is 90.0. The van der Waals surface area contributed by atoms with Gasteiger partial charge in [-0.3, -0.25) is 47.6 Å². The first-order valence-electron chi connectivity index (χ1n) is 23.2. The van der Waals surface area contributed by atoms with E-state index in [-0.39, 0.29) is 41.4 Å². The third-order valence-corrected chi connectivity index (χ3v) is 17.4. The first kappa shape index (κ1) is 63.2. The zero-order chi connectivity index (χ0) is 56.8. The van der Waals surface area contributed by atoms with Gasteiger partial charge in [-0.25, -0.2) is 19.2 Å². The molecule has 0 saturated carbocycles. The molecule has 10 N–H and O–H groups in total. The monoisotopic (exact) mass is 1210 g/mol. The number of aliphatic hydroxyl groups is 5. The van der Waals surface area contributed by atoms with Crippen LogP contribution in [0.25, 0.3) is 0 Å². The Hall–Kier alpha value is -3.61. The van der Waals surface area contributed by atoms with Gasteiger partial charge >= 0.3 is 22.8 Å². The number of halogens is 7. The van der Waals surface area contributed by atoms with Gasteiger partial charge in [-0.15, -0.1) is 81.2 Å². The maximum Gasteiger partial charge on any atom is 0.351 e. The summed E-state index contributed by atoms with van der Waals surface area (Å²) in [5, 5.41) is 45.4. The zero-order valence-electron chi connectivity index (χ0n) is 40.9. The van der Waals surface area contributed by atoms with Crippen molar-refractivity contribution in [1.29, 1.82) is 0 Å². The van der Waals surface area contributed by atoms with Crippen molar-refractivity contribution >= 4 is 87.0 Å². The van der Waals surface area contributed by atoms with Gasteiger partial charge in [0.15, 0.2) is 24.9 Å². The Morgan fingerprint density at radius 1 is 0.526 bits per heavy atom. The number of rotatable bonds is 12. The number of nitrogen functional groups attached to an aromatic ring is 1. The van der Waals surface area contributed by atoms with Gasteiger partial charge in [0.1, 0.15) is 40.0 Å². The first-order chi connectivity index (χ1) is 35.8. The second-order valence-electron chi connectivity index (χ2n) is 18.2. The van der Waals surface area contributed by atoms with E-state index in [1.165, 1.54) is 52.1 Å². The minimum absolute atomic E-state index is 0.000458. The van der Waals surface area contributed by atoms with Crippen LogP contribution in [0.4, 0.5) is 5.82 Å². The third-order valence-electron chi connectivity index (χ3n) is 14.0. The molecule has 0 bridgehead atoms. The summed E-state index contributed by atoms with van der Waals surface area (Å²) < 4.78 is 27.4. The van der Waals surface area contributed by atoms with E-state index in [4.69, 9.17) is 106 Å². The molecule has 4 aromatic rings. The number of H-pyrrole nitrogens is 3. The van der Waals surface area contributed by atoms with Gasteiger partial charge in [0, 0.05) is 54.8 Å². The number of alkyl halides is 7. The van der Waals surface area contributed by atoms with E-state index in [1.54, 1.807) is 0 Å². The number of nitrogens with two attached hydrogens (primary N) is 1. The van der Waals surface area contributed by atoms with E-state index < -0.39 is 128 Å². The lowest BCUT2D eigenvalue weighted by Crippen LogP contribution is -2.47. The molecule has 0 radical (unpaired) electrons. The number of aromatic nitrogens is 8. The van der Waals surface area contributed by atoms with Crippen LogP contribution >= 0.6 is 81.2 Å². The predicted octanol–water partition coefficient (Wildman–Crippen LogP) is 0.443. The minimum atomic E-state index is -1.44. The third kappa shape index (κ3) is 12.5. The van der Waals surface area contributed by atoms with E-state index in [1.807, 2.05) is 27.7 Å². The van der Waals surface area contributed by atoms with Gasteiger partial charge in [-0.2, -0.15) is 4.98 Å². The minimum Gasteiger partial charge on any atom is -0.393 e. The van der Waals surface area contributed by atoms with Crippen LogP contribution in [0, 0.1) is 11.8 Å². The summed E-state index contributed by atoms with van der Waals surface area (Å²) in [5.41, 5.74) is -2.72. The molecular formula is C44H58Cl7N9O16. The molecule has 32 heteroatoms. The molecule has 0 spiro atoms. The van der Waals surface area contributed by atoms with Crippen molar-refractivity contribution in [2.45, 2.75) is 122 Å². The Kier molecular flexibility index (Phi) is 21.7. The summed E-state index contributed by atoms with van der Waals surface area (Å²) in [6.07, 6.45) is 0.798. The fraction of sp³-hybridized carbons (Fsp3) is 0.636. The highest BCUT2D eigenvalue weighted by molar-refractivity contribution is 6.23. The van der Waals surface area contributed by atoms with Crippen LogP contribution in [0.3, 0.4) is 0 Å². The Bertz CT molecular complexity index is 2770. The summed E-state index contributed by atoms with van der Waals surface area (Å²) in [6, 6.07) is 5.04. The Morgan fingerprint density at radius 2 is 0.829 bits per heavy atom. The molecule has 0 unspecified atom stereocenters. The highest BCUT2D eigenvalue weighted by Crippen LogP contribution is 2.47. The van der Waals surface area contributed by atoms with E-state index in [0.29, 0.717) is 18.7 Å². The molecular weight excluding hydrogens is 1160 g/mol. The molecule has 0 aromatic carbocycles. The molecule has 424 valence electrons. The van der Waals surface area contributed by atoms with Crippen molar-refractivity contribution in [2.24, 2.45) is 11.8 Å². The summed E-state index contributed by atoms with van der Waals surface area (Å²) >= 11 is 42.2. The van der Waals surface area contributed by atoms with Gasteiger partial charge < -0.3 is 50.2 Å². The zero-order valence-corrected chi connectivity index (χ0v) is 46.2. The standard InChI is InChI=1S/C12H16Cl2N2O3.C12H17ClN2O4.C10H13Cl2N3O4.C10H12Cl2N2O5/c1-3-12(6-13)7(2)9(14)10(19-12)16-5-4-8(17)15-11(16)18;1-3-12(6-16)7(2)9(13)10(19-12)15-5-4-8(17)14-11(15)18;11-3-10(4-16)7(17)6(12)8(19-10)15-2-1-5(13)14-9(15)18;11-3-10(4-15)7(17)6(12)8(19-10)14-2-1-5(16)13-9(14)18/h4-5,7,9-10H,3,6H2,1-2H3,(H,15,17,18);4-5,7,9-10,16H,3,6H2,1-2H3,(H,14,17,18);1-2,6-8,16-17H,3-4H2,(H2,13,14,18);1-2,6-8,15,17H,3-4H2,(H,13,16,18)/t2*7-,9+,10+,12-;2*6-,7+,8-,10-/m0011/s1. The molecule has 25 nitrogen and oxygen atoms in total. The summed E-state index contributed by atoms with van der Waals surface area (Å²) in [5.74, 6) is -0.0999. The molecule has 8 heterocycles. The molecule has 16 atom stereocenters. The van der Waals surface area contributed by atoms with Crippen molar-refractivity contribution in [1.82, 2.24) is 38.2 Å². The van der Waals surface area contributed by atoms with Crippen molar-refractivity contribution in [3.8, 4) is 0 Å². The molecule has 76 heavy (non-hydrogen) atoms. The van der Waals surface area contributed by atoms with Gasteiger partial charge in [-0.05, 0) is 18.9 Å². The van der Waals surface area contributed by atoms with Gasteiger partial charge in [0.05, 0.1) is 59.4 Å². The SMILES string of the molecule is CC[C@@]1(CCl)O[C@@H](n2ccc(=O)[nH]c2=O)[C@H](Cl)[C@@H]1C.CC[C@@]1(CO)O[C@@H](n2ccc(=O)[nH]c2=O)[C@H](Cl)[C@@H]1C.Nc1ccn([C@@H]2O[C@@](CO)(CCl)[C@@H](O)[C@H]2Cl)c(=O)n1.O=c1ccn([C@@H]2O[C@@](CO)(CCl)[C@@H](O)[C@H]2Cl)c(=O)[nH]1. The molecule has 4 aliphatic rings. The van der Waals surface area contributed by atoms with Crippen LogP contribution in [0.5, 0.6) is 0 Å². The topological polar surface area (TPSA) is 364 Å². The smallest absolute Gasteiger partial charge is 0.351 e. The van der Waals surface area contributed by atoms with Crippen molar-refractivity contribution in [2.75, 3.05) is 43.2 Å². The molecule has 8 rings (SSSR count). The molecule has 4 aromatic heterocycles. The maximum absolute atomic E-state index is 11.8. The first-order valence-corrected chi connectivity index (χ1v) is 26.6. The summed E-state index contributed by atoms with van der Waals surface area (Å²) in [6.45, 7) is 6.48. The van der Waals surface area contributed by atoms with E-state index in [2.05, 4.69) is 19.9 Å². The molecule has 0 amide bonds. The highest BCUT2D eigenvalue weighted by Gasteiger charge is 2.56. The number of aliphatic hydroxyl groups excluding tert-OH is 5. The average molecular weight is 1220 g/mol. The normalized spacial score (nSPS) is 34.6. The summed E-state index contributed by atoms with van der Waals surface area (Å²) in [7, 11) is 0. The van der Waals surface area contributed by atoms with Gasteiger partial charge in [-0.1, -0.05) is 27.7 Å². The predicted molar refractivity (Wildman–Crippen MR) is 281 cm³/mol. The number of ether oxygens (including phenoxy) is 4. The van der Waals surface area contributed by atoms with Crippen LogP contribution in [0.15, 0.2) is 82.6 Å². The maximum atomic E-state index is 11.8. The number of hydrogen-bond donors (Lipinski definition) is 9. The fourth-order valence-corrected chi connectivity index (χ4v) is 11.5. The Morgan fingerprint density at radius 3 is 1.11 bits per heavy atom. The van der Waals surface area contributed by atoms with Crippen molar-refractivity contribution in [3.63, 3.8) is 0 Å². The van der Waals surface area contributed by atoms with Crippen LogP contribution in [0.1, 0.15) is 65.4 Å². The second-order valence-corrected chi connectivity index (χ2v) is 21.0. The second kappa shape index (κ2) is 26.1. The Balaban J connectivity index is 0.000000187. The number of hydrogen-bond acceptors (Lipinski definition) is 18. The van der Waals surface area contributed by atoms with Crippen molar-refractivity contribution < 1.29 is 44.5 Å². The molecule has 4 aliphatic heterocycles. The number of nitrogens with one attached hydrogen (secondary N) is 3. The fourth-order valence-electron chi connectivity index (χ4n) is 8.80. The lowest BCUT2D eigenvalue weighted by atomic mass is 9.87. The van der Waals surface area contributed by atoms with Crippen molar-refractivity contribution in [3.05, 3.63) is 122 Å². The van der Waals surface area contributed by atoms with Crippen LogP contribution in [-0.2, 0) is 18.9 Å². The lowest BCUT2D eigenvalue weighted by Gasteiger charge is -2.29. The molecule has 0 aliphatic carbocycles. The largest absolute Gasteiger partial charge is 0.393 e. The Labute approximate surface area is 465 Å². The van der Waals surface area contributed by atoms with E-state index in [0.717, 1.165) is 15.2 Å². The number of nitrogens with zero attached hydrogens (tertiary/aromatic N) is 5. The van der Waals surface area contributed by atoms with E-state index >= 15 is 0 Å². The van der Waals surface area contributed by atoms with Gasteiger partial charge in [0.25, 0.3) is 16.7 Å². The average Bonchev–Trinajstić information content (AvgIpc) is 4.03. The van der Waals surface area contributed by atoms with Crippen LogP contribution < -0.4 is 45.2 Å². The quantitative estimate of drug-likeness (QED) is 0.0869. The number of anilines is 1. The van der Waals surface area contributed by atoms with Gasteiger partial charge in [0.2, 0.25) is 0 Å². The van der Waals surface area contributed by atoms with E-state index in [9.17, 15) is 59.1 Å². The molecule has 4 fully saturated rings. The highest BCUT2D eigenvalue weighted by atomic mass is 35.5. The van der Waals surface area contributed by atoms with Crippen LogP contribution in [-0.4, -0.2) is 157 Å². The lowest BCUT2D eigenvalue weighted by molar-refractivity contribution is -0.114. The molecule has 4 saturated heterocycles.